The van der Waals surface area contributed by atoms with Crippen molar-refractivity contribution in [1.82, 2.24) is 40.8 Å². The van der Waals surface area contributed by atoms with Crippen molar-refractivity contribution < 1.29 is 43.1 Å². The van der Waals surface area contributed by atoms with Crippen molar-refractivity contribution in [2.24, 2.45) is 5.92 Å². The van der Waals surface area contributed by atoms with Gasteiger partial charge in [0.05, 0.1) is 51.3 Å². The number of imide groups is 1. The molecule has 0 aliphatic carbocycles. The van der Waals surface area contributed by atoms with Crippen molar-refractivity contribution in [3.05, 3.63) is 54.6 Å². The number of imidazole rings is 1. The van der Waals surface area contributed by atoms with Gasteiger partial charge in [0.1, 0.15) is 24.4 Å². The maximum Gasteiger partial charge on any atom is 0.275 e. The van der Waals surface area contributed by atoms with Crippen molar-refractivity contribution in [1.29, 1.82) is 0 Å². The largest absolute Gasteiger partial charge is 0.391 e. The molecular formula is C37H50N11O8+. The molecule has 3 unspecified atom stereocenters. The van der Waals surface area contributed by atoms with E-state index in [1.54, 1.807) is 26.0 Å². The standard InChI is InChI=1S/C32H44N6O8.C5H5N5/c1-21(2)31(36-26(40)11-12-37-29(43)9-10-30(37)44)32(45)33-16-27(41)34-23-7-5-22(6-8-23)17-38(13-3-4-14-38)18-28(42)35-24-15-25(39)20-46-19-24;6-4-3-5(9-1-7-3)10-2-8-4/h5-10,21,24-25,31,39H,3-4,11-20H2,1-2H3,(H3-,33,34,35,36,40,41,42,45);1-2H,(H3,6,7,8,9,10)/p+1. The van der Waals surface area contributed by atoms with E-state index in [1.807, 2.05) is 12.1 Å². The monoisotopic (exact) mass is 776 g/mol. The first kappa shape index (κ1) is 41.4. The average Bonchev–Trinajstić information content (AvgIpc) is 3.91. The van der Waals surface area contributed by atoms with Crippen LogP contribution in [0.2, 0.25) is 0 Å². The van der Waals surface area contributed by atoms with Crippen LogP contribution < -0.4 is 27.0 Å². The fourth-order valence-corrected chi connectivity index (χ4v) is 6.86. The van der Waals surface area contributed by atoms with E-state index in [0.29, 0.717) is 59.9 Å². The van der Waals surface area contributed by atoms with Gasteiger partial charge in [0.25, 0.3) is 17.7 Å². The number of carbonyl (C=O) groups excluding carboxylic acids is 6. The number of quaternary nitrogens is 1. The molecule has 8 N–H and O–H groups in total. The molecule has 2 saturated heterocycles. The normalized spacial score (nSPS) is 19.3. The lowest BCUT2D eigenvalue weighted by atomic mass is 10.0. The fourth-order valence-electron chi connectivity index (χ4n) is 6.86. The molecule has 1 aromatic carbocycles. The van der Waals surface area contributed by atoms with Gasteiger partial charge in [0, 0.05) is 49.2 Å². The number of H-pyrrole nitrogens is 1. The topological polar surface area (TPSA) is 264 Å². The number of fused-ring (bicyclic) bond motifs is 1. The second kappa shape index (κ2) is 19.2. The number of nitrogen functional groups attached to an aromatic ring is 1. The predicted octanol–water partition coefficient (Wildman–Crippen LogP) is -0.491. The summed E-state index contributed by atoms with van der Waals surface area (Å²) in [5.74, 6) is -2.33. The van der Waals surface area contributed by atoms with E-state index in [4.69, 9.17) is 10.5 Å². The lowest BCUT2D eigenvalue weighted by Gasteiger charge is -2.35. The summed E-state index contributed by atoms with van der Waals surface area (Å²) in [5.41, 5.74) is 8.36. The molecule has 19 nitrogen and oxygen atoms in total. The van der Waals surface area contributed by atoms with Crippen LogP contribution in [-0.2, 0) is 40.0 Å². The number of hydrogen-bond donors (Lipinski definition) is 7. The van der Waals surface area contributed by atoms with E-state index in [0.717, 1.165) is 48.5 Å². The molecule has 2 aromatic heterocycles. The van der Waals surface area contributed by atoms with E-state index in [1.165, 1.54) is 12.7 Å². The van der Waals surface area contributed by atoms with Crippen LogP contribution in [0.3, 0.4) is 0 Å². The number of carbonyl (C=O) groups is 6. The van der Waals surface area contributed by atoms with E-state index in [-0.39, 0.29) is 37.4 Å². The maximum absolute atomic E-state index is 12.9. The zero-order chi connectivity index (χ0) is 40.2. The quantitative estimate of drug-likeness (QED) is 0.0808. The number of hydrogen-bond acceptors (Lipinski definition) is 12. The van der Waals surface area contributed by atoms with Crippen LogP contribution in [0, 0.1) is 5.92 Å². The highest BCUT2D eigenvalue weighted by molar-refractivity contribution is 6.13. The van der Waals surface area contributed by atoms with Crippen LogP contribution in [0.4, 0.5) is 11.5 Å². The summed E-state index contributed by atoms with van der Waals surface area (Å²) in [7, 11) is 0. The second-order valence-electron chi connectivity index (χ2n) is 14.5. The van der Waals surface area contributed by atoms with Crippen LogP contribution in [-0.4, -0.2) is 134 Å². The summed E-state index contributed by atoms with van der Waals surface area (Å²) < 4.78 is 6.00. The zero-order valence-corrected chi connectivity index (χ0v) is 31.5. The molecule has 0 radical (unpaired) electrons. The van der Waals surface area contributed by atoms with Crippen LogP contribution >= 0.6 is 0 Å². The molecule has 0 saturated carbocycles. The van der Waals surface area contributed by atoms with Gasteiger partial charge in [0.2, 0.25) is 17.7 Å². The van der Waals surface area contributed by atoms with E-state index < -0.39 is 41.7 Å². The molecule has 19 heteroatoms. The molecule has 5 heterocycles. The van der Waals surface area contributed by atoms with Gasteiger partial charge in [-0.1, -0.05) is 26.0 Å². The molecule has 3 aromatic rings. The molecule has 0 bridgehead atoms. The Kier molecular flexibility index (Phi) is 14.2. The van der Waals surface area contributed by atoms with Crippen molar-refractivity contribution in [3.8, 4) is 0 Å². The smallest absolute Gasteiger partial charge is 0.275 e. The number of aliphatic hydroxyl groups is 1. The highest BCUT2D eigenvalue weighted by Crippen LogP contribution is 2.24. The Morgan fingerprint density at radius 1 is 1.00 bits per heavy atom. The number of aliphatic hydroxyl groups excluding tert-OH is 1. The zero-order valence-electron chi connectivity index (χ0n) is 31.5. The summed E-state index contributed by atoms with van der Waals surface area (Å²) in [6.45, 7) is 6.60. The lowest BCUT2D eigenvalue weighted by Crippen LogP contribution is -2.54. The first-order chi connectivity index (χ1) is 26.8. The van der Waals surface area contributed by atoms with Crippen molar-refractivity contribution in [2.75, 3.05) is 57.0 Å². The number of aromatic nitrogens is 4. The third-order valence-corrected chi connectivity index (χ3v) is 9.70. The van der Waals surface area contributed by atoms with Gasteiger partial charge >= 0.3 is 0 Å². The number of nitrogens with one attached hydrogen (secondary N) is 5. The van der Waals surface area contributed by atoms with Crippen LogP contribution in [0.25, 0.3) is 11.2 Å². The number of aromatic amines is 1. The summed E-state index contributed by atoms with van der Waals surface area (Å²) >= 11 is 0. The molecule has 56 heavy (non-hydrogen) atoms. The summed E-state index contributed by atoms with van der Waals surface area (Å²) in [4.78, 5) is 89.4. The molecule has 6 rings (SSSR count). The molecule has 300 valence electrons. The average molecular weight is 777 g/mol. The Labute approximate surface area is 323 Å². The predicted molar refractivity (Wildman–Crippen MR) is 203 cm³/mol. The van der Waals surface area contributed by atoms with Gasteiger partial charge in [-0.2, -0.15) is 0 Å². The molecule has 3 atom stereocenters. The number of rotatable bonds is 14. The Morgan fingerprint density at radius 3 is 2.38 bits per heavy atom. The Balaban J connectivity index is 0.000000514. The number of likely N-dealkylation sites (tertiary alicyclic amines) is 1. The van der Waals surface area contributed by atoms with Gasteiger partial charge in [-0.05, 0) is 24.5 Å². The summed E-state index contributed by atoms with van der Waals surface area (Å²) in [6, 6.07) is 6.30. The van der Waals surface area contributed by atoms with Crippen molar-refractivity contribution in [2.45, 2.75) is 64.3 Å². The summed E-state index contributed by atoms with van der Waals surface area (Å²) in [6.07, 6.45) is 7.06. The second-order valence-corrected chi connectivity index (χ2v) is 14.5. The Hall–Kier alpha value is -5.79. The van der Waals surface area contributed by atoms with Gasteiger partial charge < -0.3 is 46.3 Å². The van der Waals surface area contributed by atoms with E-state index in [9.17, 15) is 33.9 Å². The number of ether oxygens (including phenoxy) is 1. The number of benzene rings is 1. The fraction of sp³-hybridized carbons (Fsp3) is 0.486. The maximum atomic E-state index is 12.9. The van der Waals surface area contributed by atoms with Gasteiger partial charge in [0.15, 0.2) is 18.0 Å². The van der Waals surface area contributed by atoms with Crippen molar-refractivity contribution in [3.63, 3.8) is 0 Å². The molecule has 2 fully saturated rings. The van der Waals surface area contributed by atoms with Crippen molar-refractivity contribution >= 4 is 58.1 Å². The molecule has 6 amide bonds. The van der Waals surface area contributed by atoms with Crippen LogP contribution in [0.5, 0.6) is 0 Å². The Morgan fingerprint density at radius 2 is 1.71 bits per heavy atom. The highest BCUT2D eigenvalue weighted by Gasteiger charge is 2.36. The SMILES string of the molecule is CC(C)C(NC(=O)CCN1C(=O)C=CC1=O)C(=O)NCC(=O)Nc1ccc(C[N+]2(CC(=O)NC3COCC(O)C3)CCCC2)cc1.Nc1ncnc2nc[nH]c12. The Bertz CT molecular complexity index is 1890. The third kappa shape index (κ3) is 11.6. The summed E-state index contributed by atoms with van der Waals surface area (Å²) in [5, 5.41) is 20.8. The van der Waals surface area contributed by atoms with E-state index >= 15 is 0 Å². The molecule has 3 aliphatic rings. The molecule has 0 spiro atoms. The minimum atomic E-state index is -0.909. The first-order valence-electron chi connectivity index (χ1n) is 18.6. The van der Waals surface area contributed by atoms with E-state index in [2.05, 4.69) is 41.2 Å². The number of anilines is 2. The first-order valence-corrected chi connectivity index (χ1v) is 18.6. The van der Waals surface area contributed by atoms with Gasteiger partial charge in [-0.3, -0.25) is 33.7 Å². The minimum absolute atomic E-state index is 0.0533. The van der Waals surface area contributed by atoms with Gasteiger partial charge in [-0.15, -0.1) is 0 Å². The molecular weight excluding hydrogens is 726 g/mol. The number of nitrogens with two attached hydrogens (primary N) is 1. The highest BCUT2D eigenvalue weighted by atomic mass is 16.5. The minimum Gasteiger partial charge on any atom is -0.391 e. The van der Waals surface area contributed by atoms with Gasteiger partial charge in [-0.25, -0.2) is 15.0 Å². The van der Waals surface area contributed by atoms with Crippen LogP contribution in [0.15, 0.2) is 49.1 Å². The number of nitrogens with zero attached hydrogens (tertiary/aromatic N) is 5. The van der Waals surface area contributed by atoms with Crippen LogP contribution in [0.1, 0.15) is 45.1 Å². The lowest BCUT2D eigenvalue weighted by molar-refractivity contribution is -0.922. The number of amides is 6. The molecule has 3 aliphatic heterocycles. The third-order valence-electron chi connectivity index (χ3n) is 9.70.